The van der Waals surface area contributed by atoms with Crippen molar-refractivity contribution >= 4 is 10.1 Å². The monoisotopic (exact) mass is 164 g/mol. The summed E-state index contributed by atoms with van der Waals surface area (Å²) in [7, 11) is -3.95. The van der Waals surface area contributed by atoms with Gasteiger partial charge in [-0.25, -0.2) is 0 Å². The van der Waals surface area contributed by atoms with Gasteiger partial charge in [0.1, 0.15) is 4.75 Å². The number of hydrogen-bond donors (Lipinski definition) is 1. The zero-order chi connectivity index (χ0) is 8.41. The number of hydrogen-bond acceptors (Lipinski definition) is 2. The zero-order valence-corrected chi connectivity index (χ0v) is 7.14. The molecule has 1 N–H and O–H groups in total. The van der Waals surface area contributed by atoms with Gasteiger partial charge in [0.05, 0.1) is 0 Å². The Kier molecular flexibility index (Phi) is 2.62. The SMILES string of the molecule is CC=CC(C)(C)S(=O)(=O)O. The van der Waals surface area contributed by atoms with Crippen LogP contribution in [-0.4, -0.2) is 17.7 Å². The van der Waals surface area contributed by atoms with Gasteiger partial charge in [0.15, 0.2) is 0 Å². The van der Waals surface area contributed by atoms with E-state index in [2.05, 4.69) is 0 Å². The summed E-state index contributed by atoms with van der Waals surface area (Å²) in [5.41, 5.74) is 0. The smallest absolute Gasteiger partial charge is 0.273 e. The number of rotatable bonds is 2. The Morgan fingerprint density at radius 2 is 1.80 bits per heavy atom. The average Bonchev–Trinajstić information content (AvgIpc) is 1.61. The molecule has 0 saturated carbocycles. The summed E-state index contributed by atoms with van der Waals surface area (Å²) in [6.45, 7) is 4.57. The summed E-state index contributed by atoms with van der Waals surface area (Å²) in [4.78, 5) is 0. The van der Waals surface area contributed by atoms with Crippen molar-refractivity contribution in [3.05, 3.63) is 12.2 Å². The van der Waals surface area contributed by atoms with Gasteiger partial charge in [0.25, 0.3) is 10.1 Å². The van der Waals surface area contributed by atoms with Crippen LogP contribution >= 0.6 is 0 Å². The van der Waals surface area contributed by atoms with Crippen molar-refractivity contribution in [1.82, 2.24) is 0 Å². The summed E-state index contributed by atoms with van der Waals surface area (Å²) >= 11 is 0. The lowest BCUT2D eigenvalue weighted by Crippen LogP contribution is -2.28. The van der Waals surface area contributed by atoms with E-state index in [1.807, 2.05) is 0 Å². The number of allylic oxidation sites excluding steroid dienone is 1. The minimum absolute atomic E-state index is 1.16. The second-order valence-electron chi connectivity index (χ2n) is 2.58. The molecule has 0 spiro atoms. The molecule has 0 fully saturated rings. The van der Waals surface area contributed by atoms with Crippen molar-refractivity contribution in [2.45, 2.75) is 25.5 Å². The second kappa shape index (κ2) is 2.72. The maximum Gasteiger partial charge on any atom is 0.273 e. The molecule has 60 valence electrons. The van der Waals surface area contributed by atoms with E-state index in [1.54, 1.807) is 13.0 Å². The molecule has 4 heteroatoms. The van der Waals surface area contributed by atoms with Gasteiger partial charge in [0.2, 0.25) is 0 Å². The zero-order valence-electron chi connectivity index (χ0n) is 6.33. The Bertz CT molecular complexity index is 223. The van der Waals surface area contributed by atoms with Crippen LogP contribution in [0.4, 0.5) is 0 Å². The van der Waals surface area contributed by atoms with Crippen LogP contribution in [0.1, 0.15) is 20.8 Å². The van der Waals surface area contributed by atoms with Crippen molar-refractivity contribution < 1.29 is 13.0 Å². The molecule has 0 aromatic carbocycles. The van der Waals surface area contributed by atoms with Crippen molar-refractivity contribution in [2.24, 2.45) is 0 Å². The van der Waals surface area contributed by atoms with E-state index in [0.29, 0.717) is 0 Å². The lowest BCUT2D eigenvalue weighted by atomic mass is 10.2. The predicted octanol–water partition coefficient (Wildman–Crippen LogP) is 1.23. The fourth-order valence-corrected chi connectivity index (χ4v) is 0.795. The molecule has 3 nitrogen and oxygen atoms in total. The van der Waals surface area contributed by atoms with Crippen molar-refractivity contribution in [3.8, 4) is 0 Å². The minimum atomic E-state index is -3.95. The molecule has 0 bridgehead atoms. The fourth-order valence-electron chi connectivity index (χ4n) is 0.487. The second-order valence-corrected chi connectivity index (χ2v) is 4.58. The van der Waals surface area contributed by atoms with Crippen LogP contribution in [-0.2, 0) is 10.1 Å². The molecule has 0 aromatic rings. The van der Waals surface area contributed by atoms with E-state index in [9.17, 15) is 8.42 Å². The molecular formula is C6H12O3S. The van der Waals surface area contributed by atoms with E-state index in [0.717, 1.165) is 0 Å². The molecule has 0 atom stereocenters. The molecule has 0 aliphatic heterocycles. The van der Waals surface area contributed by atoms with E-state index in [-0.39, 0.29) is 0 Å². The molecule has 0 heterocycles. The molecule has 0 amide bonds. The summed E-state index contributed by atoms with van der Waals surface area (Å²) in [5.74, 6) is 0. The molecular weight excluding hydrogens is 152 g/mol. The standard InChI is InChI=1S/C6H12O3S/c1-4-5-6(2,3)10(7,8)9/h4-5H,1-3H3,(H,7,8,9). The van der Waals surface area contributed by atoms with Crippen molar-refractivity contribution in [2.75, 3.05) is 0 Å². The van der Waals surface area contributed by atoms with Gasteiger partial charge in [-0.1, -0.05) is 12.2 Å². The highest BCUT2D eigenvalue weighted by Crippen LogP contribution is 2.15. The van der Waals surface area contributed by atoms with Crippen LogP contribution in [0.5, 0.6) is 0 Å². The molecule has 0 aliphatic rings. The van der Waals surface area contributed by atoms with Crippen LogP contribution in [0.3, 0.4) is 0 Å². The Hall–Kier alpha value is -0.350. The van der Waals surface area contributed by atoms with E-state index < -0.39 is 14.9 Å². The van der Waals surface area contributed by atoms with Gasteiger partial charge in [-0.3, -0.25) is 4.55 Å². The van der Waals surface area contributed by atoms with Crippen molar-refractivity contribution in [1.29, 1.82) is 0 Å². The highest BCUT2D eigenvalue weighted by Gasteiger charge is 2.28. The fraction of sp³-hybridized carbons (Fsp3) is 0.667. The molecule has 0 unspecified atom stereocenters. The van der Waals surface area contributed by atoms with Gasteiger partial charge in [-0.15, -0.1) is 0 Å². The quantitative estimate of drug-likeness (QED) is 0.493. The van der Waals surface area contributed by atoms with Gasteiger partial charge in [0, 0.05) is 0 Å². The maximum atomic E-state index is 10.5. The van der Waals surface area contributed by atoms with Crippen molar-refractivity contribution in [3.63, 3.8) is 0 Å². The van der Waals surface area contributed by atoms with Crippen LogP contribution in [0.15, 0.2) is 12.2 Å². The third kappa shape index (κ3) is 2.11. The molecule has 0 radical (unpaired) electrons. The lowest BCUT2D eigenvalue weighted by Gasteiger charge is -2.14. The molecule has 0 aromatic heterocycles. The lowest BCUT2D eigenvalue weighted by molar-refractivity contribution is 0.459. The first-order valence-electron chi connectivity index (χ1n) is 2.92. The van der Waals surface area contributed by atoms with Crippen LogP contribution in [0.2, 0.25) is 0 Å². The van der Waals surface area contributed by atoms with Gasteiger partial charge in [-0.2, -0.15) is 8.42 Å². The molecule has 0 saturated heterocycles. The Labute approximate surface area is 61.5 Å². The third-order valence-corrected chi connectivity index (χ3v) is 2.70. The largest absolute Gasteiger partial charge is 0.285 e. The van der Waals surface area contributed by atoms with Gasteiger partial charge in [-0.05, 0) is 20.8 Å². The molecule has 10 heavy (non-hydrogen) atoms. The summed E-state index contributed by atoms with van der Waals surface area (Å²) in [5, 5.41) is 0. The Morgan fingerprint density at radius 3 is 1.90 bits per heavy atom. The van der Waals surface area contributed by atoms with Crippen LogP contribution in [0, 0.1) is 0 Å². The molecule has 0 rings (SSSR count). The van der Waals surface area contributed by atoms with Gasteiger partial charge < -0.3 is 0 Å². The van der Waals surface area contributed by atoms with Gasteiger partial charge >= 0.3 is 0 Å². The summed E-state index contributed by atoms with van der Waals surface area (Å²) in [6.07, 6.45) is 3.02. The Morgan fingerprint density at radius 1 is 1.40 bits per heavy atom. The average molecular weight is 164 g/mol. The highest BCUT2D eigenvalue weighted by atomic mass is 32.2. The first-order chi connectivity index (χ1) is 4.31. The minimum Gasteiger partial charge on any atom is -0.285 e. The normalized spacial score (nSPS) is 14.4. The van der Waals surface area contributed by atoms with E-state index >= 15 is 0 Å². The highest BCUT2D eigenvalue weighted by molar-refractivity contribution is 7.87. The first-order valence-corrected chi connectivity index (χ1v) is 4.36. The van der Waals surface area contributed by atoms with Crippen LogP contribution in [0.25, 0.3) is 0 Å². The third-order valence-electron chi connectivity index (χ3n) is 1.23. The van der Waals surface area contributed by atoms with E-state index in [1.165, 1.54) is 19.9 Å². The topological polar surface area (TPSA) is 54.4 Å². The maximum absolute atomic E-state index is 10.5. The summed E-state index contributed by atoms with van der Waals surface area (Å²) < 4.78 is 28.5. The summed E-state index contributed by atoms with van der Waals surface area (Å²) in [6, 6.07) is 0. The Balaban J connectivity index is 4.76. The first kappa shape index (κ1) is 9.65. The van der Waals surface area contributed by atoms with Crippen LogP contribution < -0.4 is 0 Å². The predicted molar refractivity (Wildman–Crippen MR) is 40.4 cm³/mol. The molecule has 0 aliphatic carbocycles. The van der Waals surface area contributed by atoms with E-state index in [4.69, 9.17) is 4.55 Å².